The third kappa shape index (κ3) is 7.41. The molecule has 0 aliphatic carbocycles. The molecule has 1 saturated heterocycles. The van der Waals surface area contributed by atoms with Crippen LogP contribution in [0.4, 0.5) is 5.69 Å². The Bertz CT molecular complexity index is 1380. The summed E-state index contributed by atoms with van der Waals surface area (Å²) in [5.74, 6) is 0.0762. The molecule has 2 heterocycles. The summed E-state index contributed by atoms with van der Waals surface area (Å²) in [6, 6.07) is 7.33. The number of aliphatic hydroxyl groups is 2. The molecule has 1 aliphatic heterocycles. The fraction of sp³-hybridized carbons (Fsp3) is 0.522. The van der Waals surface area contributed by atoms with E-state index in [9.17, 15) is 29.2 Å². The molecule has 0 radical (unpaired) electrons. The van der Waals surface area contributed by atoms with Gasteiger partial charge in [0.05, 0.1) is 17.3 Å². The van der Waals surface area contributed by atoms with Crippen LogP contribution in [0.25, 0.3) is 0 Å². The predicted octanol–water partition coefficient (Wildman–Crippen LogP) is 2.11. The normalized spacial score (nSPS) is 27.1. The molecule has 4 N–H and O–H groups in total. The summed E-state index contributed by atoms with van der Waals surface area (Å²) in [7, 11) is -4.57. The largest absolute Gasteiger partial charge is 0.432 e. The number of thioether (sulfide) groups is 1. The molecular formula is C23H32N3O9PS. The highest BCUT2D eigenvalue weighted by atomic mass is 32.2. The van der Waals surface area contributed by atoms with Crippen molar-refractivity contribution in [3.05, 3.63) is 63.4 Å². The Kier molecular flexibility index (Phi) is 7.89. The first-order valence-corrected chi connectivity index (χ1v) is 13.7. The zero-order chi connectivity index (χ0) is 30.1. The van der Waals surface area contributed by atoms with Gasteiger partial charge in [-0.15, -0.1) is 0 Å². The summed E-state index contributed by atoms with van der Waals surface area (Å²) in [5, 5.41) is 24.1. The highest BCUT2D eigenvalue weighted by Gasteiger charge is 2.54. The van der Waals surface area contributed by atoms with Crippen molar-refractivity contribution in [3.8, 4) is 0 Å². The van der Waals surface area contributed by atoms with Crippen LogP contribution in [0.1, 0.15) is 38.0 Å². The number of para-hydroxylation sites is 1. The van der Waals surface area contributed by atoms with E-state index in [2.05, 4.69) is 5.09 Å². The third-order valence-electron chi connectivity index (χ3n) is 5.22. The van der Waals surface area contributed by atoms with Crippen molar-refractivity contribution in [2.24, 2.45) is 5.41 Å². The number of benzene rings is 1. The van der Waals surface area contributed by atoms with E-state index in [0.717, 1.165) is 24.9 Å². The SMILES string of the molecule is [2H]c1cn([C@@H]2O[C@H](C([2H])([2H])OP(=O)(Nc3ccccc3)OCCSC(=O)C(C)(C)C)[C@@H](O)[C@@]2(C)O)c(=O)[nH]c1=O. The Labute approximate surface area is 222 Å². The second kappa shape index (κ2) is 11.6. The monoisotopic (exact) mass is 560 g/mol. The molecule has 0 spiro atoms. The van der Waals surface area contributed by atoms with E-state index in [-0.39, 0.29) is 23.2 Å². The molecule has 1 aliphatic rings. The molecule has 3 rings (SSSR count). The first kappa shape index (κ1) is 25.1. The van der Waals surface area contributed by atoms with Gasteiger partial charge in [-0.05, 0) is 19.1 Å². The fourth-order valence-electron chi connectivity index (χ4n) is 3.18. The van der Waals surface area contributed by atoms with Crippen LogP contribution in [0.5, 0.6) is 0 Å². The van der Waals surface area contributed by atoms with Crippen molar-refractivity contribution < 1.29 is 37.5 Å². The minimum Gasteiger partial charge on any atom is -0.387 e. The molecule has 0 amide bonds. The lowest BCUT2D eigenvalue weighted by molar-refractivity contribution is -0.117. The van der Waals surface area contributed by atoms with Gasteiger partial charge in [0, 0.05) is 29.1 Å². The van der Waals surface area contributed by atoms with Gasteiger partial charge in [0.1, 0.15) is 17.8 Å². The molecule has 204 valence electrons. The van der Waals surface area contributed by atoms with E-state index in [1.807, 2.05) is 4.98 Å². The number of H-pyrrole nitrogens is 1. The van der Waals surface area contributed by atoms with Crippen LogP contribution in [0.2, 0.25) is 0 Å². The van der Waals surface area contributed by atoms with Crippen molar-refractivity contribution in [2.45, 2.75) is 51.7 Å². The number of ether oxygens (including phenoxy) is 1. The number of aromatic amines is 1. The van der Waals surface area contributed by atoms with Crippen molar-refractivity contribution in [1.29, 1.82) is 0 Å². The van der Waals surface area contributed by atoms with Gasteiger partial charge in [0.15, 0.2) is 11.3 Å². The van der Waals surface area contributed by atoms with Crippen molar-refractivity contribution in [2.75, 3.05) is 24.0 Å². The topological polar surface area (TPSA) is 169 Å². The standard InChI is InChI=1S/C23H32N3O9PS/c1-22(2,3)20(29)37-13-12-33-36(32,25-15-8-6-5-7-9-15)34-14-16-18(28)23(4,31)19(35-16)26-11-10-17(27)24-21(26)30/h5-11,16,18-19,28,31H,12-14H2,1-4H3,(H,25,32)(H,24,27,30)/t16-,18-,19-,23-,36?/m1/s1/i10D,14D2. The zero-order valence-electron chi connectivity index (χ0n) is 23.7. The lowest BCUT2D eigenvalue weighted by Gasteiger charge is -2.27. The van der Waals surface area contributed by atoms with Gasteiger partial charge in [0.25, 0.3) is 5.56 Å². The van der Waals surface area contributed by atoms with Crippen molar-refractivity contribution >= 4 is 30.3 Å². The average molecular weight is 561 g/mol. The van der Waals surface area contributed by atoms with Gasteiger partial charge < -0.3 is 14.9 Å². The summed E-state index contributed by atoms with van der Waals surface area (Å²) in [6.07, 6.45) is -5.05. The Hall–Kier alpha value is -2.25. The summed E-state index contributed by atoms with van der Waals surface area (Å²) < 4.78 is 55.2. The van der Waals surface area contributed by atoms with Crippen LogP contribution in [0.3, 0.4) is 0 Å². The van der Waals surface area contributed by atoms with Gasteiger partial charge in [-0.25, -0.2) is 9.36 Å². The number of rotatable bonds is 10. The Morgan fingerprint density at radius 1 is 1.35 bits per heavy atom. The zero-order valence-corrected chi connectivity index (χ0v) is 22.4. The van der Waals surface area contributed by atoms with Crippen LogP contribution < -0.4 is 16.3 Å². The van der Waals surface area contributed by atoms with E-state index >= 15 is 0 Å². The van der Waals surface area contributed by atoms with E-state index in [0.29, 0.717) is 4.57 Å². The second-order valence-electron chi connectivity index (χ2n) is 9.42. The fourth-order valence-corrected chi connectivity index (χ4v) is 5.29. The maximum absolute atomic E-state index is 13.7. The lowest BCUT2D eigenvalue weighted by Crippen LogP contribution is -2.46. The second-order valence-corrected chi connectivity index (χ2v) is 12.2. The van der Waals surface area contributed by atoms with E-state index in [4.69, 9.17) is 17.9 Å². The van der Waals surface area contributed by atoms with E-state index in [1.165, 1.54) is 12.1 Å². The lowest BCUT2D eigenvalue weighted by atomic mass is 9.96. The van der Waals surface area contributed by atoms with E-state index < -0.39 is 61.0 Å². The van der Waals surface area contributed by atoms with Gasteiger partial charge in [-0.3, -0.25) is 33.3 Å². The number of anilines is 1. The molecule has 0 saturated carbocycles. The Balaban J connectivity index is 1.86. The smallest absolute Gasteiger partial charge is 0.387 e. The third-order valence-corrected chi connectivity index (χ3v) is 7.87. The summed E-state index contributed by atoms with van der Waals surface area (Å²) in [4.78, 5) is 38.0. The average Bonchev–Trinajstić information content (AvgIpc) is 3.08. The van der Waals surface area contributed by atoms with Crippen LogP contribution in [-0.4, -0.2) is 61.6 Å². The summed E-state index contributed by atoms with van der Waals surface area (Å²) in [5.41, 5.74) is -4.77. The molecule has 2 aromatic rings. The Morgan fingerprint density at radius 2 is 2.03 bits per heavy atom. The van der Waals surface area contributed by atoms with Crippen LogP contribution in [0.15, 0.2) is 52.2 Å². The molecule has 1 aromatic carbocycles. The molecule has 37 heavy (non-hydrogen) atoms. The minimum atomic E-state index is -4.57. The summed E-state index contributed by atoms with van der Waals surface area (Å²) in [6.45, 7) is 2.89. The van der Waals surface area contributed by atoms with Crippen molar-refractivity contribution in [1.82, 2.24) is 9.55 Å². The van der Waals surface area contributed by atoms with Gasteiger partial charge in [0.2, 0.25) is 0 Å². The summed E-state index contributed by atoms with van der Waals surface area (Å²) >= 11 is 0.942. The highest BCUT2D eigenvalue weighted by Crippen LogP contribution is 2.49. The number of carbonyl (C=O) groups is 1. The predicted molar refractivity (Wildman–Crippen MR) is 138 cm³/mol. The molecule has 1 unspecified atom stereocenters. The number of nitrogens with zero attached hydrogens (tertiary/aromatic N) is 1. The quantitative estimate of drug-likeness (QED) is 0.248. The molecule has 1 aromatic heterocycles. The first-order valence-electron chi connectivity index (χ1n) is 12.7. The van der Waals surface area contributed by atoms with Gasteiger partial charge >= 0.3 is 13.4 Å². The molecule has 12 nitrogen and oxygen atoms in total. The molecule has 0 bridgehead atoms. The molecule has 1 fully saturated rings. The number of hydrogen-bond acceptors (Lipinski definition) is 10. The maximum Gasteiger partial charge on any atom is 0.432 e. The number of nitrogens with one attached hydrogen (secondary N) is 2. The van der Waals surface area contributed by atoms with Crippen LogP contribution in [-0.2, 0) is 23.1 Å². The first-order chi connectivity index (χ1) is 18.4. The van der Waals surface area contributed by atoms with Crippen LogP contribution >= 0.6 is 19.5 Å². The molecular weight excluding hydrogens is 525 g/mol. The number of carbonyl (C=O) groups excluding carboxylic acids is 1. The minimum absolute atomic E-state index is 0.0762. The number of hydrogen-bond donors (Lipinski definition) is 4. The van der Waals surface area contributed by atoms with Gasteiger partial charge in [-0.1, -0.05) is 50.7 Å². The van der Waals surface area contributed by atoms with E-state index in [1.54, 1.807) is 39.0 Å². The van der Waals surface area contributed by atoms with Gasteiger partial charge in [-0.2, -0.15) is 0 Å². The highest BCUT2D eigenvalue weighted by molar-refractivity contribution is 8.13. The maximum atomic E-state index is 13.7. The number of aliphatic hydroxyl groups excluding tert-OH is 1. The molecule has 14 heteroatoms. The van der Waals surface area contributed by atoms with Crippen molar-refractivity contribution in [3.63, 3.8) is 0 Å². The number of aromatic nitrogens is 2. The Morgan fingerprint density at radius 3 is 2.68 bits per heavy atom. The molecule has 5 atom stereocenters. The van der Waals surface area contributed by atoms with Crippen LogP contribution in [0, 0.1) is 5.41 Å².